The summed E-state index contributed by atoms with van der Waals surface area (Å²) in [5.74, 6) is -0.263. The molecule has 2 fully saturated rings. The largest absolute Gasteiger partial charge is 0.481 e. The number of aromatic nitrogens is 3. The van der Waals surface area contributed by atoms with Gasteiger partial charge in [-0.1, -0.05) is 0 Å². The van der Waals surface area contributed by atoms with Gasteiger partial charge in [-0.05, 0) is 26.8 Å². The van der Waals surface area contributed by atoms with Crippen molar-refractivity contribution in [2.24, 2.45) is 5.73 Å². The first kappa shape index (κ1) is 37.4. The third kappa shape index (κ3) is 10.0. The number of likely N-dealkylation sites (tertiary alicyclic amines) is 1. The number of nitrogen functional groups attached to an aromatic ring is 1. The van der Waals surface area contributed by atoms with Crippen molar-refractivity contribution >= 4 is 45.0 Å². The van der Waals surface area contributed by atoms with Gasteiger partial charge in [0.05, 0.1) is 31.9 Å². The molecule has 20 nitrogen and oxygen atoms in total. The lowest BCUT2D eigenvalue weighted by Crippen LogP contribution is -2.44. The molecule has 7 atom stereocenters. The van der Waals surface area contributed by atoms with Crippen LogP contribution in [-0.2, 0) is 32.0 Å². The van der Waals surface area contributed by atoms with Gasteiger partial charge in [-0.15, -0.1) is 0 Å². The molecule has 0 aliphatic carbocycles. The number of nitrogens with two attached hydrogens (primary N) is 2. The number of phosphoric ester groups is 2. The quantitative estimate of drug-likeness (QED) is 0.112. The van der Waals surface area contributed by atoms with Crippen molar-refractivity contribution in [3.8, 4) is 0 Å². The summed E-state index contributed by atoms with van der Waals surface area (Å²) in [4.78, 5) is 54.4. The number of phosphoric acid groups is 2. The first-order valence-corrected chi connectivity index (χ1v) is 17.7. The van der Waals surface area contributed by atoms with E-state index in [1.165, 1.54) is 23.5 Å². The highest BCUT2D eigenvalue weighted by atomic mass is 31.3. The molecule has 0 radical (unpaired) electrons. The highest BCUT2D eigenvalue weighted by molar-refractivity contribution is 7.61. The van der Waals surface area contributed by atoms with E-state index >= 15 is 0 Å². The Bertz CT molecular complexity index is 1580. The minimum absolute atomic E-state index is 0.0376. The molecule has 2 saturated heterocycles. The van der Waals surface area contributed by atoms with E-state index in [4.69, 9.17) is 30.0 Å². The number of carbonyl (C=O) groups is 2. The number of primary amides is 1. The number of hydrogen-bond donors (Lipinski definition) is 7. The Morgan fingerprint density at radius 3 is 2.50 bits per heavy atom. The van der Waals surface area contributed by atoms with Crippen LogP contribution >= 0.6 is 15.6 Å². The zero-order valence-electron chi connectivity index (χ0n) is 26.7. The standard InChI is InChI=1S/C26H40N8O12P2/c1-26(2,3)45-25(37)34-11-16(33-7-5-6-15(10-33)22(28)36)8-17(34)12-42-47(38,39)46-48(40,41)43-13-18-9-19(35)24(44-18)32-23-20(29-4)21(27)30-14-31-23/h5-7,10,14,16-19,24,29,35H,8-9,11-13H2,1-4H3,(H6-,27,28,30,31,32,36,38,39,40,41)/p+1/t16-,17-,18-,19+,24+/m0/s1. The lowest BCUT2D eigenvalue weighted by Gasteiger charge is -2.28. The molecule has 9 N–H and O–H groups in total. The SMILES string of the molecule is CNc1c(N)ncnc1N[C@@H]1O[C@H](COP(=O)(O)OP(=O)(O)OC[C@@H]2C[C@H]([n+]3cccc(C(N)=O)c3)CN2C(=O)OC(C)(C)C)C[C@H]1O. The zero-order chi connectivity index (χ0) is 35.4. The first-order chi connectivity index (χ1) is 22.4. The number of hydrogen-bond acceptors (Lipinski definition) is 15. The Kier molecular flexibility index (Phi) is 11.7. The molecule has 2 amide bonds. The molecule has 2 aliphatic rings. The lowest BCUT2D eigenvalue weighted by molar-refractivity contribution is -0.719. The molecule has 48 heavy (non-hydrogen) atoms. The maximum atomic E-state index is 13.0. The van der Waals surface area contributed by atoms with E-state index in [2.05, 4.69) is 24.9 Å². The third-order valence-corrected chi connectivity index (χ3v) is 9.81. The predicted octanol–water partition coefficient (Wildman–Crippen LogP) is 0.876. The van der Waals surface area contributed by atoms with Gasteiger partial charge in [0.25, 0.3) is 5.91 Å². The average molecular weight is 720 g/mol. The van der Waals surface area contributed by atoms with Crippen LogP contribution in [-0.4, -0.2) is 98.6 Å². The van der Waals surface area contributed by atoms with Crippen molar-refractivity contribution in [3.63, 3.8) is 0 Å². The summed E-state index contributed by atoms with van der Waals surface area (Å²) < 4.78 is 52.6. The number of carbonyl (C=O) groups excluding carboxylic acids is 2. The number of rotatable bonds is 13. The summed E-state index contributed by atoms with van der Waals surface area (Å²) in [6, 6.07) is 1.89. The number of amides is 2. The summed E-state index contributed by atoms with van der Waals surface area (Å²) in [5.41, 5.74) is 10.9. The average Bonchev–Trinajstić information content (AvgIpc) is 3.57. The van der Waals surface area contributed by atoms with Crippen LogP contribution in [0.1, 0.15) is 50.0 Å². The van der Waals surface area contributed by atoms with Crippen molar-refractivity contribution in [1.82, 2.24) is 14.9 Å². The molecular weight excluding hydrogens is 678 g/mol. The van der Waals surface area contributed by atoms with Crippen LogP contribution in [0.2, 0.25) is 0 Å². The second-order valence-corrected chi connectivity index (χ2v) is 15.1. The lowest BCUT2D eigenvalue weighted by atomic mass is 10.1. The molecule has 0 saturated carbocycles. The summed E-state index contributed by atoms with van der Waals surface area (Å²) >= 11 is 0. The Morgan fingerprint density at radius 1 is 1.17 bits per heavy atom. The van der Waals surface area contributed by atoms with E-state index in [-0.39, 0.29) is 36.6 Å². The maximum Gasteiger partial charge on any atom is 0.481 e. The zero-order valence-corrected chi connectivity index (χ0v) is 28.5. The molecule has 0 bridgehead atoms. The second-order valence-electron chi connectivity index (χ2n) is 12.0. The summed E-state index contributed by atoms with van der Waals surface area (Å²) in [7, 11) is -8.86. The normalized spacial score (nSPS) is 25.2. The minimum Gasteiger partial charge on any atom is -0.444 e. The van der Waals surface area contributed by atoms with Crippen molar-refractivity contribution in [1.29, 1.82) is 0 Å². The fourth-order valence-corrected chi connectivity index (χ4v) is 7.22. The van der Waals surface area contributed by atoms with E-state index in [9.17, 15) is 33.6 Å². The van der Waals surface area contributed by atoms with Gasteiger partial charge in [0, 0.05) is 26.0 Å². The van der Waals surface area contributed by atoms with Gasteiger partial charge in [-0.3, -0.25) is 18.7 Å². The van der Waals surface area contributed by atoms with E-state index in [1.54, 1.807) is 44.6 Å². The van der Waals surface area contributed by atoms with Crippen LogP contribution in [0.4, 0.5) is 22.1 Å². The van der Waals surface area contributed by atoms with Gasteiger partial charge in [-0.25, -0.2) is 23.9 Å². The Balaban J connectivity index is 1.34. The molecule has 4 heterocycles. The molecule has 0 aromatic carbocycles. The Hall–Kier alpha value is -3.45. The summed E-state index contributed by atoms with van der Waals surface area (Å²) in [5, 5.41) is 16.1. The number of nitrogens with one attached hydrogen (secondary N) is 2. The molecule has 0 spiro atoms. The topological polar surface area (TPSA) is 284 Å². The number of anilines is 3. The van der Waals surface area contributed by atoms with E-state index in [0.717, 1.165) is 0 Å². The molecule has 4 rings (SSSR count). The number of pyridine rings is 1. The highest BCUT2D eigenvalue weighted by Gasteiger charge is 2.45. The monoisotopic (exact) mass is 719 g/mol. The van der Waals surface area contributed by atoms with Gasteiger partial charge in [0.15, 0.2) is 36.3 Å². The van der Waals surface area contributed by atoms with E-state index in [1.807, 2.05) is 0 Å². The van der Waals surface area contributed by atoms with Crippen LogP contribution in [0.15, 0.2) is 30.9 Å². The smallest absolute Gasteiger partial charge is 0.444 e. The minimum atomic E-state index is -5.24. The molecule has 2 unspecified atom stereocenters. The number of aliphatic hydroxyl groups excluding tert-OH is 1. The van der Waals surface area contributed by atoms with E-state index < -0.39 is 77.0 Å². The van der Waals surface area contributed by atoms with E-state index in [0.29, 0.717) is 5.69 Å². The van der Waals surface area contributed by atoms with Gasteiger partial charge in [0.2, 0.25) is 0 Å². The van der Waals surface area contributed by atoms with Gasteiger partial charge in [-0.2, -0.15) is 8.88 Å². The van der Waals surface area contributed by atoms with Crippen LogP contribution in [0.5, 0.6) is 0 Å². The second kappa shape index (κ2) is 15.0. The van der Waals surface area contributed by atoms with Gasteiger partial charge < -0.3 is 46.5 Å². The Morgan fingerprint density at radius 2 is 1.85 bits per heavy atom. The van der Waals surface area contributed by atoms with Gasteiger partial charge in [0.1, 0.15) is 29.3 Å². The fraction of sp³-hybridized carbons (Fsp3) is 0.577. The van der Waals surface area contributed by atoms with Crippen molar-refractivity contribution in [2.75, 3.05) is 43.2 Å². The molecule has 22 heteroatoms. The molecule has 2 aliphatic heterocycles. The Labute approximate surface area is 275 Å². The first-order valence-electron chi connectivity index (χ1n) is 14.7. The van der Waals surface area contributed by atoms with Crippen LogP contribution in [0.25, 0.3) is 0 Å². The number of aliphatic hydroxyl groups is 1. The van der Waals surface area contributed by atoms with Crippen molar-refractivity contribution in [3.05, 3.63) is 36.4 Å². The molecule has 2 aromatic rings. The van der Waals surface area contributed by atoms with Gasteiger partial charge >= 0.3 is 21.7 Å². The van der Waals surface area contributed by atoms with Crippen LogP contribution in [0, 0.1) is 0 Å². The van der Waals surface area contributed by atoms with Crippen molar-refractivity contribution in [2.45, 2.75) is 69.7 Å². The van der Waals surface area contributed by atoms with Crippen LogP contribution < -0.4 is 26.7 Å². The molecular formula is C26H41N8O12P2+. The maximum absolute atomic E-state index is 13.0. The summed E-state index contributed by atoms with van der Waals surface area (Å²) in [6.07, 6.45) is 0.782. The summed E-state index contributed by atoms with van der Waals surface area (Å²) in [6.45, 7) is 3.90. The highest BCUT2D eigenvalue weighted by Crippen LogP contribution is 2.60. The van der Waals surface area contributed by atoms with Crippen molar-refractivity contribution < 1.29 is 61.0 Å². The number of nitrogens with zero attached hydrogens (tertiary/aromatic N) is 4. The molecule has 2 aromatic heterocycles. The number of ether oxygens (including phenoxy) is 2. The molecule has 266 valence electrons. The predicted molar refractivity (Wildman–Crippen MR) is 167 cm³/mol. The third-order valence-electron chi connectivity index (χ3n) is 7.21. The fourth-order valence-electron chi connectivity index (χ4n) is 5.08. The van der Waals surface area contributed by atoms with Crippen LogP contribution in [0.3, 0.4) is 0 Å².